The van der Waals surface area contributed by atoms with E-state index in [1.165, 1.54) is 24.1 Å². The largest absolute Gasteiger partial charge is 0.503 e. The van der Waals surface area contributed by atoms with E-state index in [0.717, 1.165) is 11.1 Å². The van der Waals surface area contributed by atoms with E-state index in [-0.39, 0.29) is 40.6 Å². The van der Waals surface area contributed by atoms with E-state index in [9.17, 15) is 19.1 Å². The van der Waals surface area contributed by atoms with Crippen molar-refractivity contribution < 1.29 is 23.4 Å². The summed E-state index contributed by atoms with van der Waals surface area (Å²) < 4.78 is 25.2. The Labute approximate surface area is 208 Å². The molecule has 35 heavy (non-hydrogen) atoms. The topological polar surface area (TPSA) is 80.0 Å². The van der Waals surface area contributed by atoms with Crippen LogP contribution in [0.15, 0.2) is 62.2 Å². The quantitative estimate of drug-likeness (QED) is 0.357. The maximum atomic E-state index is 13.8. The lowest BCUT2D eigenvalue weighted by molar-refractivity contribution is 0.0714. The molecule has 1 amide bonds. The number of hydrogen-bond donors (Lipinski definition) is 1. The number of benzene rings is 3. The zero-order valence-electron chi connectivity index (χ0n) is 19.2. The van der Waals surface area contributed by atoms with Crippen LogP contribution in [0.25, 0.3) is 11.0 Å². The summed E-state index contributed by atoms with van der Waals surface area (Å²) in [5.41, 5.74) is 3.38. The van der Waals surface area contributed by atoms with Crippen molar-refractivity contribution in [3.63, 3.8) is 0 Å². The van der Waals surface area contributed by atoms with E-state index in [0.29, 0.717) is 26.6 Å². The molecule has 1 aromatic heterocycles. The van der Waals surface area contributed by atoms with Gasteiger partial charge in [0.05, 0.1) is 28.6 Å². The van der Waals surface area contributed by atoms with Crippen molar-refractivity contribution in [3.05, 3.63) is 103 Å². The molecule has 1 N–H and O–H groups in total. The molecule has 1 atom stereocenters. The van der Waals surface area contributed by atoms with Crippen LogP contribution in [0.2, 0.25) is 0 Å². The number of methoxy groups -OCH3 is 1. The Morgan fingerprint density at radius 2 is 1.77 bits per heavy atom. The van der Waals surface area contributed by atoms with E-state index in [4.69, 9.17) is 9.15 Å². The van der Waals surface area contributed by atoms with Gasteiger partial charge in [0.2, 0.25) is 5.76 Å². The second-order valence-corrected chi connectivity index (χ2v) is 9.48. The molecule has 8 heteroatoms. The first-order chi connectivity index (χ1) is 16.7. The zero-order valence-corrected chi connectivity index (χ0v) is 20.8. The molecule has 0 spiro atoms. The fraction of sp³-hybridized carbons (Fsp3) is 0.185. The van der Waals surface area contributed by atoms with Crippen molar-refractivity contribution >= 4 is 32.8 Å². The van der Waals surface area contributed by atoms with Gasteiger partial charge >= 0.3 is 0 Å². The summed E-state index contributed by atoms with van der Waals surface area (Å²) in [4.78, 5) is 28.9. The molecular formula is C27H21BrFNO5. The number of aromatic hydroxyl groups is 1. The third kappa shape index (κ3) is 3.78. The van der Waals surface area contributed by atoms with Gasteiger partial charge in [-0.3, -0.25) is 9.59 Å². The van der Waals surface area contributed by atoms with Gasteiger partial charge in [0.1, 0.15) is 11.4 Å². The van der Waals surface area contributed by atoms with Gasteiger partial charge in [-0.2, -0.15) is 0 Å². The maximum absolute atomic E-state index is 13.8. The fourth-order valence-electron chi connectivity index (χ4n) is 4.48. The van der Waals surface area contributed by atoms with Crippen molar-refractivity contribution in [1.82, 2.24) is 4.90 Å². The van der Waals surface area contributed by atoms with Crippen LogP contribution < -0.4 is 10.2 Å². The average molecular weight is 538 g/mol. The summed E-state index contributed by atoms with van der Waals surface area (Å²) >= 11 is 3.33. The summed E-state index contributed by atoms with van der Waals surface area (Å²) in [6.45, 7) is 3.93. The van der Waals surface area contributed by atoms with Gasteiger partial charge in [0.15, 0.2) is 16.9 Å². The molecule has 0 aliphatic carbocycles. The van der Waals surface area contributed by atoms with Crippen LogP contribution >= 0.6 is 15.9 Å². The number of fused-ring (bicyclic) bond motifs is 2. The molecule has 6 nitrogen and oxygen atoms in total. The van der Waals surface area contributed by atoms with Gasteiger partial charge in [0, 0.05) is 6.54 Å². The number of phenols is 1. The van der Waals surface area contributed by atoms with Gasteiger partial charge in [-0.15, -0.1) is 0 Å². The van der Waals surface area contributed by atoms with Crippen LogP contribution in [-0.2, 0) is 6.54 Å². The van der Waals surface area contributed by atoms with Crippen LogP contribution in [0.1, 0.15) is 44.4 Å². The van der Waals surface area contributed by atoms with Gasteiger partial charge in [-0.05, 0) is 88.4 Å². The Morgan fingerprint density at radius 1 is 1.09 bits per heavy atom. The highest BCUT2D eigenvalue weighted by Gasteiger charge is 2.43. The minimum Gasteiger partial charge on any atom is -0.503 e. The molecule has 2 heterocycles. The highest BCUT2D eigenvalue weighted by molar-refractivity contribution is 9.10. The predicted molar refractivity (Wildman–Crippen MR) is 132 cm³/mol. The number of aryl methyl sites for hydroxylation is 2. The van der Waals surface area contributed by atoms with Crippen LogP contribution in [0, 0.1) is 19.7 Å². The fourth-order valence-corrected chi connectivity index (χ4v) is 4.94. The van der Waals surface area contributed by atoms with Gasteiger partial charge in [-0.1, -0.05) is 12.1 Å². The first-order valence-corrected chi connectivity index (χ1v) is 11.7. The number of rotatable bonds is 4. The van der Waals surface area contributed by atoms with E-state index in [1.54, 1.807) is 36.4 Å². The molecule has 1 aliphatic rings. The minimum absolute atomic E-state index is 0.0268. The lowest BCUT2D eigenvalue weighted by Crippen LogP contribution is -2.29. The lowest BCUT2D eigenvalue weighted by Gasteiger charge is -2.26. The molecule has 4 aromatic rings. The Morgan fingerprint density at radius 3 is 2.46 bits per heavy atom. The van der Waals surface area contributed by atoms with E-state index in [2.05, 4.69) is 15.9 Å². The molecule has 178 valence electrons. The van der Waals surface area contributed by atoms with Crippen molar-refractivity contribution in [2.75, 3.05) is 7.11 Å². The Kier molecular flexibility index (Phi) is 5.63. The zero-order chi connectivity index (χ0) is 25.0. The standard InChI is InChI=1S/C27H21BrFNO5/c1-13-8-18-20(9-14(13)2)35-26-22(24(18)31)23(16-10-19(28)25(32)21(11-16)34-3)30(27(26)33)12-15-4-6-17(29)7-5-15/h4-11,23,32H,12H2,1-3H3. The number of halogens is 2. The number of carbonyl (C=O) groups is 1. The van der Waals surface area contributed by atoms with Crippen LogP contribution in [-0.4, -0.2) is 23.0 Å². The molecule has 1 unspecified atom stereocenters. The molecule has 3 aromatic carbocycles. The Hall–Kier alpha value is -3.65. The van der Waals surface area contributed by atoms with Crippen molar-refractivity contribution in [2.45, 2.75) is 26.4 Å². The first-order valence-electron chi connectivity index (χ1n) is 10.9. The Bertz CT molecular complexity index is 1560. The predicted octanol–water partition coefficient (Wildman–Crippen LogP) is 5.77. The maximum Gasteiger partial charge on any atom is 0.291 e. The van der Waals surface area contributed by atoms with Gasteiger partial charge < -0.3 is 19.2 Å². The smallest absolute Gasteiger partial charge is 0.291 e. The van der Waals surface area contributed by atoms with Gasteiger partial charge in [-0.25, -0.2) is 4.39 Å². The summed E-state index contributed by atoms with van der Waals surface area (Å²) in [5, 5.41) is 10.7. The number of nitrogens with zero attached hydrogens (tertiary/aromatic N) is 1. The second kappa shape index (κ2) is 8.53. The third-order valence-corrected chi connectivity index (χ3v) is 7.04. The SMILES string of the molecule is COc1cc(C2c3c(oc4cc(C)c(C)cc4c3=O)C(=O)N2Cc2ccc(F)cc2)cc(Br)c1O. The summed E-state index contributed by atoms with van der Waals surface area (Å²) in [7, 11) is 1.42. The molecule has 0 saturated carbocycles. The van der Waals surface area contributed by atoms with Crippen molar-refractivity contribution in [3.8, 4) is 11.5 Å². The monoisotopic (exact) mass is 537 g/mol. The Balaban J connectivity index is 1.77. The molecule has 5 rings (SSSR count). The van der Waals surface area contributed by atoms with E-state index >= 15 is 0 Å². The first kappa shape index (κ1) is 23.1. The minimum atomic E-state index is -0.810. The summed E-state index contributed by atoms with van der Waals surface area (Å²) in [6, 6.07) is 11.8. The van der Waals surface area contributed by atoms with Crippen molar-refractivity contribution in [2.24, 2.45) is 0 Å². The molecule has 1 aliphatic heterocycles. The number of hydrogen-bond acceptors (Lipinski definition) is 5. The summed E-state index contributed by atoms with van der Waals surface area (Å²) in [6.07, 6.45) is 0. The molecule has 0 bridgehead atoms. The highest BCUT2D eigenvalue weighted by atomic mass is 79.9. The molecule has 0 radical (unpaired) electrons. The second-order valence-electron chi connectivity index (χ2n) is 8.62. The third-order valence-electron chi connectivity index (χ3n) is 6.43. The number of phenolic OH excluding ortho intramolecular Hbond substituents is 1. The number of carbonyl (C=O) groups excluding carboxylic acids is 1. The molecule has 0 saturated heterocycles. The van der Waals surface area contributed by atoms with Crippen LogP contribution in [0.5, 0.6) is 11.5 Å². The van der Waals surface area contributed by atoms with Crippen LogP contribution in [0.4, 0.5) is 4.39 Å². The van der Waals surface area contributed by atoms with Crippen molar-refractivity contribution in [1.29, 1.82) is 0 Å². The summed E-state index contributed by atoms with van der Waals surface area (Å²) in [5.74, 6) is -0.769. The van der Waals surface area contributed by atoms with E-state index in [1.807, 2.05) is 13.8 Å². The average Bonchev–Trinajstić information content (AvgIpc) is 3.10. The number of ether oxygens (including phenoxy) is 1. The lowest BCUT2D eigenvalue weighted by atomic mass is 9.97. The number of amides is 1. The molecule has 0 fully saturated rings. The highest BCUT2D eigenvalue weighted by Crippen LogP contribution is 2.44. The normalized spacial score (nSPS) is 15.1. The van der Waals surface area contributed by atoms with E-state index < -0.39 is 11.9 Å². The molecular weight excluding hydrogens is 517 g/mol. The van der Waals surface area contributed by atoms with Crippen LogP contribution in [0.3, 0.4) is 0 Å². The van der Waals surface area contributed by atoms with Gasteiger partial charge in [0.25, 0.3) is 5.91 Å².